The van der Waals surface area contributed by atoms with Crippen molar-refractivity contribution in [1.29, 1.82) is 0 Å². The topological polar surface area (TPSA) is 144 Å². The maximum Gasteiger partial charge on any atom is 0.432 e. The molecule has 6 N–H and O–H groups in total. The molecule has 2 aromatic heterocycles. The van der Waals surface area contributed by atoms with Gasteiger partial charge in [-0.3, -0.25) is 14.6 Å². The number of carbonyl (C=O) groups excluding carboxylic acids is 1. The summed E-state index contributed by atoms with van der Waals surface area (Å²) in [6.45, 7) is -0.0906. The number of benzene rings is 2. The highest BCUT2D eigenvalue weighted by Gasteiger charge is 2.54. The third-order valence-corrected chi connectivity index (χ3v) is 8.14. The molecule has 0 radical (unpaired) electrons. The number of nitrogens with zero attached hydrogens (tertiary/aromatic N) is 3. The van der Waals surface area contributed by atoms with Gasteiger partial charge >= 0.3 is 6.18 Å². The van der Waals surface area contributed by atoms with E-state index in [0.717, 1.165) is 34.1 Å². The number of alkyl halides is 3. The van der Waals surface area contributed by atoms with E-state index >= 15 is 0 Å². The molecule has 14 heteroatoms. The van der Waals surface area contributed by atoms with E-state index in [1.165, 1.54) is 18.2 Å². The van der Waals surface area contributed by atoms with Crippen molar-refractivity contribution < 1.29 is 22.7 Å². The SMILES string of the molecule is CNc1ccc(-c2ncc(C3C4CC4c4cc(-c5cc(Cl)ccc5N(N)/C=C(\N)C(F)(F)F)cc(=O)n43)[nH]2)cc1OCC=O. The summed E-state index contributed by atoms with van der Waals surface area (Å²) in [5, 5.41) is 4.11. The van der Waals surface area contributed by atoms with Gasteiger partial charge in [-0.15, -0.1) is 0 Å². The van der Waals surface area contributed by atoms with Gasteiger partial charge in [0, 0.05) is 47.1 Å². The molecule has 10 nitrogen and oxygen atoms in total. The second kappa shape index (κ2) is 11.1. The fourth-order valence-corrected chi connectivity index (χ4v) is 5.99. The number of allylic oxidation sites excluding steroid dienone is 1. The number of hydrogen-bond donors (Lipinski definition) is 4. The molecule has 1 aliphatic heterocycles. The molecule has 2 aromatic carbocycles. The maximum absolute atomic E-state index is 13.6. The predicted molar refractivity (Wildman–Crippen MR) is 160 cm³/mol. The zero-order valence-electron chi connectivity index (χ0n) is 23.2. The lowest BCUT2D eigenvalue weighted by atomic mass is 10.0. The third-order valence-electron chi connectivity index (χ3n) is 7.90. The first kappa shape index (κ1) is 29.3. The van der Waals surface area contributed by atoms with Crippen LogP contribution in [0.3, 0.4) is 0 Å². The summed E-state index contributed by atoms with van der Waals surface area (Å²) in [7, 11) is 1.75. The molecule has 1 fully saturated rings. The Balaban J connectivity index is 1.35. The summed E-state index contributed by atoms with van der Waals surface area (Å²) >= 11 is 6.25. The summed E-state index contributed by atoms with van der Waals surface area (Å²) in [5.74, 6) is 7.34. The quantitative estimate of drug-likeness (QED) is 0.116. The van der Waals surface area contributed by atoms with Crippen LogP contribution in [0.4, 0.5) is 24.5 Å². The van der Waals surface area contributed by atoms with E-state index in [1.807, 2.05) is 18.2 Å². The van der Waals surface area contributed by atoms with E-state index in [0.29, 0.717) is 40.2 Å². The molecule has 0 saturated heterocycles. The van der Waals surface area contributed by atoms with Crippen molar-refractivity contribution in [2.24, 2.45) is 17.5 Å². The minimum Gasteiger partial charge on any atom is -0.484 e. The van der Waals surface area contributed by atoms with Crippen molar-refractivity contribution in [1.82, 2.24) is 14.5 Å². The summed E-state index contributed by atoms with van der Waals surface area (Å²) in [5.41, 5.74) is 7.59. The third kappa shape index (κ3) is 5.28. The Kier molecular flexibility index (Phi) is 7.38. The molecule has 228 valence electrons. The fraction of sp³-hybridized carbons (Fsp3) is 0.233. The number of imidazole rings is 1. The Labute approximate surface area is 254 Å². The van der Waals surface area contributed by atoms with Gasteiger partial charge in [0.25, 0.3) is 5.56 Å². The Morgan fingerprint density at radius 2 is 2.02 bits per heavy atom. The number of anilines is 2. The molecule has 6 rings (SSSR count). The number of rotatable bonds is 9. The molecule has 44 heavy (non-hydrogen) atoms. The lowest BCUT2D eigenvalue weighted by molar-refractivity contribution is -0.109. The molecular formula is C30H27ClF3N7O3. The van der Waals surface area contributed by atoms with Crippen LogP contribution in [0.1, 0.15) is 29.8 Å². The standard InChI is InChI=1S/C30H27ClF3N7O3/c1-37-21-4-2-15(9-25(21)44-7-6-42)29-38-13-22(39-29)28-20-12-19(20)24-8-16(10-27(43)41(24)28)18-11-17(31)3-5-23(18)40(36)14-26(35)30(32,33)34/h2-6,8-11,13-14,19-20,28,37H,7,12,35-36H2,1H3,(H,38,39)/b26-14-. The lowest BCUT2D eigenvalue weighted by Crippen LogP contribution is -2.30. The van der Waals surface area contributed by atoms with Crippen LogP contribution in [-0.2, 0) is 4.79 Å². The Morgan fingerprint density at radius 1 is 1.23 bits per heavy atom. The van der Waals surface area contributed by atoms with Gasteiger partial charge in [0.2, 0.25) is 0 Å². The van der Waals surface area contributed by atoms with E-state index in [4.69, 9.17) is 27.9 Å². The summed E-state index contributed by atoms with van der Waals surface area (Å²) in [6.07, 6.45) is -0.939. The van der Waals surface area contributed by atoms with Crippen LogP contribution in [0, 0.1) is 5.92 Å². The molecule has 4 aromatic rings. The number of aromatic nitrogens is 3. The highest BCUT2D eigenvalue weighted by atomic mass is 35.5. The number of nitrogens with two attached hydrogens (primary N) is 2. The number of hydrogen-bond acceptors (Lipinski definition) is 8. The second-order valence-corrected chi connectivity index (χ2v) is 11.0. The summed E-state index contributed by atoms with van der Waals surface area (Å²) in [4.78, 5) is 32.4. The van der Waals surface area contributed by atoms with E-state index in [-0.39, 0.29) is 35.7 Å². The second-order valence-electron chi connectivity index (χ2n) is 10.6. The molecule has 3 heterocycles. The molecule has 3 atom stereocenters. The first-order valence-corrected chi connectivity index (χ1v) is 14.0. The number of hydrazine groups is 1. The van der Waals surface area contributed by atoms with Crippen molar-refractivity contribution in [2.75, 3.05) is 24.0 Å². The minimum atomic E-state index is -4.76. The van der Waals surface area contributed by atoms with Gasteiger partial charge in [-0.2, -0.15) is 13.2 Å². The largest absolute Gasteiger partial charge is 0.484 e. The van der Waals surface area contributed by atoms with Crippen LogP contribution in [0.2, 0.25) is 5.02 Å². The molecule has 0 spiro atoms. The lowest BCUT2D eigenvalue weighted by Gasteiger charge is -2.21. The van der Waals surface area contributed by atoms with Crippen LogP contribution in [0.25, 0.3) is 22.5 Å². The van der Waals surface area contributed by atoms with Crippen LogP contribution in [-0.4, -0.2) is 40.7 Å². The molecular weight excluding hydrogens is 599 g/mol. The molecule has 0 bridgehead atoms. The van der Waals surface area contributed by atoms with Crippen LogP contribution >= 0.6 is 11.6 Å². The monoisotopic (exact) mass is 625 g/mol. The number of carbonyl (C=O) groups is 1. The Morgan fingerprint density at radius 3 is 2.75 bits per heavy atom. The van der Waals surface area contributed by atoms with Gasteiger partial charge in [-0.25, -0.2) is 10.8 Å². The molecule has 3 unspecified atom stereocenters. The van der Waals surface area contributed by atoms with Gasteiger partial charge in [-0.1, -0.05) is 11.6 Å². The molecule has 0 amide bonds. The number of aldehydes is 1. The van der Waals surface area contributed by atoms with Crippen molar-refractivity contribution in [3.8, 4) is 28.3 Å². The first-order chi connectivity index (χ1) is 21.0. The van der Waals surface area contributed by atoms with Crippen molar-refractivity contribution in [3.63, 3.8) is 0 Å². The van der Waals surface area contributed by atoms with Crippen molar-refractivity contribution >= 4 is 29.3 Å². The number of fused-ring (bicyclic) bond motifs is 3. The zero-order chi connectivity index (χ0) is 31.3. The van der Waals surface area contributed by atoms with Gasteiger partial charge in [0.15, 0.2) is 6.29 Å². The van der Waals surface area contributed by atoms with Crippen LogP contribution < -0.4 is 32.2 Å². The first-order valence-electron chi connectivity index (χ1n) is 13.6. The minimum absolute atomic E-state index is 0.0906. The smallest absolute Gasteiger partial charge is 0.432 e. The summed E-state index contributed by atoms with van der Waals surface area (Å²) in [6, 6.07) is 13.0. The van der Waals surface area contributed by atoms with Gasteiger partial charge in [0.1, 0.15) is 23.9 Å². The van der Waals surface area contributed by atoms with Gasteiger partial charge in [0.05, 0.1) is 29.3 Å². The Bertz CT molecular complexity index is 1850. The maximum atomic E-state index is 13.6. The average molecular weight is 626 g/mol. The van der Waals surface area contributed by atoms with Gasteiger partial charge in [-0.05, 0) is 60.4 Å². The van der Waals surface area contributed by atoms with E-state index in [1.54, 1.807) is 29.9 Å². The van der Waals surface area contributed by atoms with E-state index in [2.05, 4.69) is 15.3 Å². The van der Waals surface area contributed by atoms with Crippen LogP contribution in [0.5, 0.6) is 5.75 Å². The number of halogens is 4. The number of H-pyrrole nitrogens is 1. The molecule has 1 saturated carbocycles. The van der Waals surface area contributed by atoms with Crippen molar-refractivity contribution in [3.05, 3.63) is 93.4 Å². The van der Waals surface area contributed by atoms with E-state index < -0.39 is 11.9 Å². The highest BCUT2D eigenvalue weighted by molar-refractivity contribution is 6.31. The van der Waals surface area contributed by atoms with Crippen molar-refractivity contribution in [2.45, 2.75) is 24.6 Å². The number of ether oxygens (including phenoxy) is 1. The highest BCUT2D eigenvalue weighted by Crippen LogP contribution is 2.60. The number of aromatic amines is 1. The number of pyridine rings is 1. The zero-order valence-corrected chi connectivity index (χ0v) is 24.0. The van der Waals surface area contributed by atoms with E-state index in [9.17, 15) is 22.8 Å². The van der Waals surface area contributed by atoms with Gasteiger partial charge < -0.3 is 25.3 Å². The Hall–Kier alpha value is -4.75. The van der Waals surface area contributed by atoms with Crippen LogP contribution in [0.15, 0.2) is 71.4 Å². The molecule has 2 aliphatic rings. The molecule has 1 aliphatic carbocycles. The predicted octanol–water partition coefficient (Wildman–Crippen LogP) is 4.93. The summed E-state index contributed by atoms with van der Waals surface area (Å²) < 4.78 is 46.5. The normalized spacial score (nSPS) is 18.9. The fourth-order valence-electron chi connectivity index (χ4n) is 5.81. The average Bonchev–Trinajstić information content (AvgIpc) is 3.48. The number of nitrogens with one attached hydrogen (secondary N) is 2.